The van der Waals surface area contributed by atoms with Crippen LogP contribution in [0.2, 0.25) is 5.02 Å². The maximum Gasteiger partial charge on any atom is 0.0600 e. The highest BCUT2D eigenvalue weighted by atomic mass is 79.9. The summed E-state index contributed by atoms with van der Waals surface area (Å²) in [6.07, 6.45) is 0. The first kappa shape index (κ1) is 15.5. The molecule has 1 aromatic heterocycles. The number of benzene rings is 2. The van der Waals surface area contributed by atoms with Gasteiger partial charge in [-0.05, 0) is 69.1 Å². The Labute approximate surface area is 149 Å². The Hall–Kier alpha value is -0.390. The second-order valence-electron chi connectivity index (χ2n) is 4.70. The highest BCUT2D eigenvalue weighted by molar-refractivity contribution is 9.11. The molecule has 0 spiro atoms. The molecule has 3 aromatic rings. The van der Waals surface area contributed by atoms with Crippen molar-refractivity contribution in [1.29, 1.82) is 0 Å². The van der Waals surface area contributed by atoms with Crippen LogP contribution in [0, 0.1) is 0 Å². The van der Waals surface area contributed by atoms with Crippen molar-refractivity contribution in [3.63, 3.8) is 0 Å². The van der Waals surface area contributed by atoms with Crippen LogP contribution >= 0.6 is 54.8 Å². The van der Waals surface area contributed by atoms with E-state index in [1.807, 2.05) is 25.2 Å². The van der Waals surface area contributed by atoms with Crippen molar-refractivity contribution >= 4 is 64.9 Å². The van der Waals surface area contributed by atoms with Gasteiger partial charge in [-0.15, -0.1) is 11.3 Å². The van der Waals surface area contributed by atoms with Crippen molar-refractivity contribution in [3.05, 3.63) is 66.9 Å². The van der Waals surface area contributed by atoms with Crippen LogP contribution in [0.5, 0.6) is 0 Å². The first-order valence-electron chi connectivity index (χ1n) is 6.39. The van der Waals surface area contributed by atoms with Crippen LogP contribution < -0.4 is 5.32 Å². The number of hydrogen-bond acceptors (Lipinski definition) is 2. The number of hydrogen-bond donors (Lipinski definition) is 1. The summed E-state index contributed by atoms with van der Waals surface area (Å²) in [7, 11) is 1.97. The third-order valence-electron chi connectivity index (χ3n) is 3.45. The van der Waals surface area contributed by atoms with E-state index in [-0.39, 0.29) is 6.04 Å². The van der Waals surface area contributed by atoms with Crippen molar-refractivity contribution in [2.45, 2.75) is 6.04 Å². The average molecular weight is 446 g/mol. The van der Waals surface area contributed by atoms with Gasteiger partial charge in [0, 0.05) is 18.7 Å². The van der Waals surface area contributed by atoms with E-state index < -0.39 is 0 Å². The van der Waals surface area contributed by atoms with Gasteiger partial charge in [-0.3, -0.25) is 0 Å². The number of halogens is 3. The molecule has 21 heavy (non-hydrogen) atoms. The molecule has 0 fully saturated rings. The monoisotopic (exact) mass is 443 g/mol. The molecule has 1 unspecified atom stereocenters. The minimum Gasteiger partial charge on any atom is -0.309 e. The second kappa shape index (κ2) is 6.39. The van der Waals surface area contributed by atoms with Crippen molar-refractivity contribution in [2.24, 2.45) is 0 Å². The van der Waals surface area contributed by atoms with Crippen LogP contribution in [0.25, 0.3) is 10.1 Å². The fraction of sp³-hybridized carbons (Fsp3) is 0.125. The van der Waals surface area contributed by atoms with E-state index in [2.05, 4.69) is 60.8 Å². The Kier molecular flexibility index (Phi) is 4.71. The van der Waals surface area contributed by atoms with Crippen molar-refractivity contribution in [1.82, 2.24) is 5.32 Å². The lowest BCUT2D eigenvalue weighted by Crippen LogP contribution is -2.17. The lowest BCUT2D eigenvalue weighted by Gasteiger charge is -2.18. The van der Waals surface area contributed by atoms with Gasteiger partial charge < -0.3 is 5.32 Å². The molecule has 1 nitrogen and oxygen atoms in total. The van der Waals surface area contributed by atoms with Crippen molar-refractivity contribution in [2.75, 3.05) is 7.05 Å². The molecule has 108 valence electrons. The highest BCUT2D eigenvalue weighted by Gasteiger charge is 2.19. The summed E-state index contributed by atoms with van der Waals surface area (Å²) in [6, 6.07) is 12.3. The van der Waals surface area contributed by atoms with E-state index in [0.717, 1.165) is 19.5 Å². The first-order valence-corrected chi connectivity index (χ1v) is 9.24. The van der Waals surface area contributed by atoms with E-state index in [0.29, 0.717) is 0 Å². The highest BCUT2D eigenvalue weighted by Crippen LogP contribution is 2.39. The number of nitrogens with one attached hydrogen (secondary N) is 1. The largest absolute Gasteiger partial charge is 0.309 e. The van der Waals surface area contributed by atoms with Gasteiger partial charge in [-0.25, -0.2) is 0 Å². The number of rotatable bonds is 3. The number of thiophene rings is 1. The van der Waals surface area contributed by atoms with Crippen LogP contribution in [-0.4, -0.2) is 7.05 Å². The van der Waals surface area contributed by atoms with Crippen LogP contribution in [0.1, 0.15) is 17.2 Å². The SMILES string of the molecule is CNC(c1cc(Cl)ccc1Br)c1csc2c(Br)cccc12. The summed E-state index contributed by atoms with van der Waals surface area (Å²) in [6.45, 7) is 0. The van der Waals surface area contributed by atoms with Crippen LogP contribution in [0.4, 0.5) is 0 Å². The molecular formula is C16H12Br2ClNS. The lowest BCUT2D eigenvalue weighted by molar-refractivity contribution is 0.696. The Morgan fingerprint density at radius 2 is 1.90 bits per heavy atom. The molecule has 1 heterocycles. The summed E-state index contributed by atoms with van der Waals surface area (Å²) in [4.78, 5) is 0. The molecule has 0 aliphatic carbocycles. The lowest BCUT2D eigenvalue weighted by atomic mass is 9.98. The zero-order chi connectivity index (χ0) is 15.0. The zero-order valence-corrected chi connectivity index (χ0v) is 15.9. The molecule has 0 saturated heterocycles. The summed E-state index contributed by atoms with van der Waals surface area (Å²) < 4.78 is 3.46. The Morgan fingerprint density at radius 1 is 1.10 bits per heavy atom. The van der Waals surface area contributed by atoms with Crippen molar-refractivity contribution in [3.8, 4) is 0 Å². The van der Waals surface area contributed by atoms with Gasteiger partial charge in [0.25, 0.3) is 0 Å². The van der Waals surface area contributed by atoms with E-state index in [4.69, 9.17) is 11.6 Å². The standard InChI is InChI=1S/C16H12Br2ClNS/c1-20-15(11-7-9(19)5-6-13(11)17)12-8-21-16-10(12)3-2-4-14(16)18/h2-8,15,20H,1H3. The third kappa shape index (κ3) is 2.92. The van der Waals surface area contributed by atoms with Crippen molar-refractivity contribution < 1.29 is 0 Å². The molecule has 3 rings (SSSR count). The third-order valence-corrected chi connectivity index (χ3v) is 6.38. The van der Waals surface area contributed by atoms with Gasteiger partial charge in [-0.2, -0.15) is 0 Å². The van der Waals surface area contributed by atoms with Gasteiger partial charge in [0.15, 0.2) is 0 Å². The van der Waals surface area contributed by atoms with Crippen LogP contribution in [-0.2, 0) is 0 Å². The maximum atomic E-state index is 6.17. The Morgan fingerprint density at radius 3 is 2.67 bits per heavy atom. The Balaban J connectivity index is 2.19. The van der Waals surface area contributed by atoms with Crippen LogP contribution in [0.15, 0.2) is 50.7 Å². The molecule has 0 aliphatic rings. The van der Waals surface area contributed by atoms with Gasteiger partial charge in [0.05, 0.1) is 6.04 Å². The van der Waals surface area contributed by atoms with Gasteiger partial charge in [-0.1, -0.05) is 39.7 Å². The van der Waals surface area contributed by atoms with Gasteiger partial charge in [0.2, 0.25) is 0 Å². The van der Waals surface area contributed by atoms with E-state index in [1.165, 1.54) is 15.6 Å². The topological polar surface area (TPSA) is 12.0 Å². The smallest absolute Gasteiger partial charge is 0.0600 e. The summed E-state index contributed by atoms with van der Waals surface area (Å²) in [5, 5.41) is 7.62. The zero-order valence-electron chi connectivity index (χ0n) is 11.2. The molecule has 0 bridgehead atoms. The fourth-order valence-electron chi connectivity index (χ4n) is 2.48. The fourth-order valence-corrected chi connectivity index (χ4v) is 4.78. The van der Waals surface area contributed by atoms with E-state index in [1.54, 1.807) is 11.3 Å². The molecular weight excluding hydrogens is 434 g/mol. The van der Waals surface area contributed by atoms with E-state index >= 15 is 0 Å². The molecule has 1 N–H and O–H groups in total. The molecule has 0 saturated carbocycles. The second-order valence-corrected chi connectivity index (χ2v) is 7.72. The number of fused-ring (bicyclic) bond motifs is 1. The molecule has 1 atom stereocenters. The minimum atomic E-state index is 0.0983. The molecule has 0 amide bonds. The van der Waals surface area contributed by atoms with Gasteiger partial charge in [0.1, 0.15) is 0 Å². The maximum absolute atomic E-state index is 6.17. The summed E-state index contributed by atoms with van der Waals surface area (Å²) in [5.74, 6) is 0. The molecule has 0 aliphatic heterocycles. The average Bonchev–Trinajstić information content (AvgIpc) is 2.89. The normalized spacial score (nSPS) is 12.8. The molecule has 5 heteroatoms. The first-order chi connectivity index (χ1) is 10.1. The predicted octanol–water partition coefficient (Wildman–Crippen LogP) is 6.39. The molecule has 2 aromatic carbocycles. The predicted molar refractivity (Wildman–Crippen MR) is 99.6 cm³/mol. The van der Waals surface area contributed by atoms with Gasteiger partial charge >= 0.3 is 0 Å². The Bertz CT molecular complexity index is 800. The van der Waals surface area contributed by atoms with E-state index in [9.17, 15) is 0 Å². The quantitative estimate of drug-likeness (QED) is 0.493. The summed E-state index contributed by atoms with van der Waals surface area (Å²) >= 11 is 15.2. The van der Waals surface area contributed by atoms with Crippen LogP contribution in [0.3, 0.4) is 0 Å². The summed E-state index contributed by atoms with van der Waals surface area (Å²) in [5.41, 5.74) is 2.41. The molecule has 0 radical (unpaired) electrons. The minimum absolute atomic E-state index is 0.0983.